The van der Waals surface area contributed by atoms with E-state index in [1.165, 1.54) is 12.1 Å². The molecule has 0 amide bonds. The van der Waals surface area contributed by atoms with Gasteiger partial charge >= 0.3 is 5.97 Å². The average Bonchev–Trinajstić information content (AvgIpc) is 2.88. The number of H-pyrrole nitrogens is 1. The van der Waals surface area contributed by atoms with Crippen molar-refractivity contribution < 1.29 is 19.0 Å². The molecular weight excluding hydrogens is 273 g/mol. The summed E-state index contributed by atoms with van der Waals surface area (Å²) in [6, 6.07) is 12.5. The summed E-state index contributed by atoms with van der Waals surface area (Å²) in [6.07, 6.45) is 0. The lowest BCUT2D eigenvalue weighted by Crippen LogP contribution is -1.95. The molecule has 21 heavy (non-hydrogen) atoms. The van der Waals surface area contributed by atoms with E-state index >= 15 is 0 Å². The largest absolute Gasteiger partial charge is 0.487 e. The van der Waals surface area contributed by atoms with Gasteiger partial charge in [0.25, 0.3) is 0 Å². The zero-order chi connectivity index (χ0) is 14.8. The van der Waals surface area contributed by atoms with Gasteiger partial charge in [0, 0.05) is 10.9 Å². The van der Waals surface area contributed by atoms with Gasteiger partial charge in [0.15, 0.2) is 0 Å². The van der Waals surface area contributed by atoms with Crippen molar-refractivity contribution in [3.05, 3.63) is 65.6 Å². The number of ether oxygens (including phenoxy) is 1. The van der Waals surface area contributed by atoms with E-state index in [0.717, 1.165) is 16.6 Å². The SMILES string of the molecule is O=C(O)c1ccc2[nH]c(COc3ccc(F)cc3)cc2c1. The van der Waals surface area contributed by atoms with E-state index in [0.29, 0.717) is 12.4 Å². The zero-order valence-corrected chi connectivity index (χ0v) is 11.0. The van der Waals surface area contributed by atoms with Crippen molar-refractivity contribution in [1.29, 1.82) is 0 Å². The van der Waals surface area contributed by atoms with Gasteiger partial charge in [-0.15, -0.1) is 0 Å². The molecule has 0 fully saturated rings. The lowest BCUT2D eigenvalue weighted by Gasteiger charge is -2.03. The highest BCUT2D eigenvalue weighted by atomic mass is 19.1. The van der Waals surface area contributed by atoms with E-state index < -0.39 is 5.97 Å². The van der Waals surface area contributed by atoms with Crippen molar-refractivity contribution in [2.45, 2.75) is 6.61 Å². The molecule has 4 nitrogen and oxygen atoms in total. The third kappa shape index (κ3) is 2.86. The van der Waals surface area contributed by atoms with E-state index in [-0.39, 0.29) is 11.4 Å². The summed E-state index contributed by atoms with van der Waals surface area (Å²) in [5, 5.41) is 9.77. The molecule has 1 heterocycles. The van der Waals surface area contributed by atoms with E-state index in [4.69, 9.17) is 9.84 Å². The minimum atomic E-state index is -0.956. The molecule has 0 spiro atoms. The van der Waals surface area contributed by atoms with Crippen LogP contribution in [0.25, 0.3) is 10.9 Å². The Labute approximate surface area is 119 Å². The highest BCUT2D eigenvalue weighted by Crippen LogP contribution is 2.19. The minimum absolute atomic E-state index is 0.243. The van der Waals surface area contributed by atoms with Crippen LogP contribution in [0.2, 0.25) is 0 Å². The molecule has 0 saturated heterocycles. The zero-order valence-electron chi connectivity index (χ0n) is 11.0. The summed E-state index contributed by atoms with van der Waals surface area (Å²) in [6.45, 7) is 0.294. The van der Waals surface area contributed by atoms with Crippen molar-refractivity contribution in [2.75, 3.05) is 0 Å². The van der Waals surface area contributed by atoms with Crippen LogP contribution in [-0.2, 0) is 6.61 Å². The molecule has 0 saturated carbocycles. The van der Waals surface area contributed by atoms with Gasteiger partial charge in [-0.05, 0) is 48.5 Å². The fourth-order valence-electron chi connectivity index (χ4n) is 2.10. The van der Waals surface area contributed by atoms with Gasteiger partial charge in [0.2, 0.25) is 0 Å². The van der Waals surface area contributed by atoms with Gasteiger partial charge in [-0.3, -0.25) is 0 Å². The fraction of sp³-hybridized carbons (Fsp3) is 0.0625. The summed E-state index contributed by atoms with van der Waals surface area (Å²) in [5.41, 5.74) is 1.90. The molecule has 3 rings (SSSR count). The van der Waals surface area contributed by atoms with Gasteiger partial charge in [0.1, 0.15) is 18.2 Å². The number of rotatable bonds is 4. The molecule has 3 aromatic rings. The number of halogens is 1. The number of aromatic amines is 1. The lowest BCUT2D eigenvalue weighted by molar-refractivity contribution is 0.0697. The Hall–Kier alpha value is -2.82. The molecule has 0 radical (unpaired) electrons. The van der Waals surface area contributed by atoms with E-state index in [9.17, 15) is 9.18 Å². The number of carbonyl (C=O) groups is 1. The van der Waals surface area contributed by atoms with Crippen LogP contribution in [0, 0.1) is 5.82 Å². The van der Waals surface area contributed by atoms with Gasteiger partial charge in [0.05, 0.1) is 11.3 Å². The number of benzene rings is 2. The monoisotopic (exact) mass is 285 g/mol. The smallest absolute Gasteiger partial charge is 0.335 e. The number of aromatic nitrogens is 1. The Morgan fingerprint density at radius 2 is 1.90 bits per heavy atom. The van der Waals surface area contributed by atoms with Crippen LogP contribution >= 0.6 is 0 Å². The molecule has 2 aromatic carbocycles. The first kappa shape index (κ1) is 13.2. The van der Waals surface area contributed by atoms with Crippen LogP contribution in [0.5, 0.6) is 5.75 Å². The first-order valence-corrected chi connectivity index (χ1v) is 6.35. The number of carboxylic acid groups (broad SMARTS) is 1. The highest BCUT2D eigenvalue weighted by Gasteiger charge is 2.06. The Balaban J connectivity index is 1.78. The second kappa shape index (κ2) is 5.28. The maximum absolute atomic E-state index is 12.8. The molecule has 0 atom stereocenters. The molecule has 1 aromatic heterocycles. The first-order valence-electron chi connectivity index (χ1n) is 6.35. The Bertz CT molecular complexity index is 793. The fourth-order valence-corrected chi connectivity index (χ4v) is 2.10. The number of nitrogens with one attached hydrogen (secondary N) is 1. The standard InChI is InChI=1S/C16H12FNO3/c17-12-2-4-14(5-3-12)21-9-13-8-11-7-10(16(19)20)1-6-15(11)18-13/h1-8,18H,9H2,(H,19,20). The van der Waals surface area contributed by atoms with E-state index in [1.54, 1.807) is 30.3 Å². The van der Waals surface area contributed by atoms with Crippen molar-refractivity contribution in [1.82, 2.24) is 4.98 Å². The van der Waals surface area contributed by atoms with Crippen molar-refractivity contribution in [3.8, 4) is 5.75 Å². The van der Waals surface area contributed by atoms with Crippen LogP contribution in [-0.4, -0.2) is 16.1 Å². The molecular formula is C16H12FNO3. The van der Waals surface area contributed by atoms with Crippen molar-refractivity contribution in [2.24, 2.45) is 0 Å². The Morgan fingerprint density at radius 1 is 1.14 bits per heavy atom. The van der Waals surface area contributed by atoms with E-state index in [1.807, 2.05) is 6.07 Å². The minimum Gasteiger partial charge on any atom is -0.487 e. The topological polar surface area (TPSA) is 62.3 Å². The lowest BCUT2D eigenvalue weighted by atomic mass is 10.1. The average molecular weight is 285 g/mol. The summed E-state index contributed by atoms with van der Waals surface area (Å²) in [5.74, 6) is -0.697. The van der Waals surface area contributed by atoms with Crippen LogP contribution in [0.3, 0.4) is 0 Å². The number of hydrogen-bond acceptors (Lipinski definition) is 2. The predicted molar refractivity (Wildman–Crippen MR) is 76.0 cm³/mol. The predicted octanol–water partition coefficient (Wildman–Crippen LogP) is 3.58. The number of carboxylic acids is 1. The van der Waals surface area contributed by atoms with Crippen molar-refractivity contribution >= 4 is 16.9 Å². The second-order valence-electron chi connectivity index (χ2n) is 4.64. The number of hydrogen-bond donors (Lipinski definition) is 2. The van der Waals surface area contributed by atoms with Crippen LogP contribution in [0.1, 0.15) is 16.1 Å². The van der Waals surface area contributed by atoms with Crippen LogP contribution < -0.4 is 4.74 Å². The third-order valence-electron chi connectivity index (χ3n) is 3.13. The molecule has 0 unspecified atom stereocenters. The summed E-state index contributed by atoms with van der Waals surface area (Å²) >= 11 is 0. The molecule has 106 valence electrons. The molecule has 0 bridgehead atoms. The summed E-state index contributed by atoms with van der Waals surface area (Å²) in [7, 11) is 0. The normalized spacial score (nSPS) is 10.7. The Kier molecular flexibility index (Phi) is 3.31. The maximum atomic E-state index is 12.8. The molecule has 0 aliphatic rings. The molecule has 2 N–H and O–H groups in total. The summed E-state index contributed by atoms with van der Waals surface area (Å²) in [4.78, 5) is 14.1. The highest BCUT2D eigenvalue weighted by molar-refractivity contribution is 5.93. The van der Waals surface area contributed by atoms with E-state index in [2.05, 4.69) is 4.98 Å². The van der Waals surface area contributed by atoms with Crippen LogP contribution in [0.15, 0.2) is 48.5 Å². The van der Waals surface area contributed by atoms with Crippen LogP contribution in [0.4, 0.5) is 4.39 Å². The molecule has 0 aliphatic carbocycles. The molecule has 0 aliphatic heterocycles. The van der Waals surface area contributed by atoms with Gasteiger partial charge < -0.3 is 14.8 Å². The molecule has 5 heteroatoms. The second-order valence-corrected chi connectivity index (χ2v) is 4.64. The maximum Gasteiger partial charge on any atom is 0.335 e. The van der Waals surface area contributed by atoms with Gasteiger partial charge in [-0.2, -0.15) is 0 Å². The van der Waals surface area contributed by atoms with Crippen molar-refractivity contribution in [3.63, 3.8) is 0 Å². The van der Waals surface area contributed by atoms with Gasteiger partial charge in [-0.25, -0.2) is 9.18 Å². The summed E-state index contributed by atoms with van der Waals surface area (Å²) < 4.78 is 18.3. The quantitative estimate of drug-likeness (QED) is 0.770. The first-order chi connectivity index (χ1) is 10.1. The number of aromatic carboxylic acids is 1. The van der Waals surface area contributed by atoms with Gasteiger partial charge in [-0.1, -0.05) is 0 Å². The third-order valence-corrected chi connectivity index (χ3v) is 3.13. The Morgan fingerprint density at radius 3 is 2.62 bits per heavy atom. The number of fused-ring (bicyclic) bond motifs is 1.